The minimum Gasteiger partial charge on any atom is -0.496 e. The van der Waals surface area contributed by atoms with Crippen molar-refractivity contribution in [2.45, 2.75) is 19.9 Å². The fourth-order valence-electron chi connectivity index (χ4n) is 2.80. The molecule has 0 fully saturated rings. The third-order valence-corrected chi connectivity index (χ3v) is 5.66. The van der Waals surface area contributed by atoms with Gasteiger partial charge in [-0.15, -0.1) is 11.3 Å². The molecule has 0 aliphatic heterocycles. The molecule has 2 aromatic carbocycles. The fourth-order valence-corrected chi connectivity index (χ4v) is 4.03. The number of carbonyl (C=O) groups is 1. The molecule has 0 saturated heterocycles. The number of nitrogens with zero attached hydrogens (tertiary/aromatic N) is 2. The number of hydrogen-bond donors (Lipinski definition) is 0. The van der Waals surface area contributed by atoms with E-state index in [1.165, 1.54) is 5.56 Å². The van der Waals surface area contributed by atoms with Crippen molar-refractivity contribution in [2.24, 2.45) is 0 Å². The normalized spacial score (nSPS) is 10.7. The Bertz CT molecular complexity index is 955. The zero-order chi connectivity index (χ0) is 19.4. The van der Waals surface area contributed by atoms with Gasteiger partial charge in [-0.3, -0.25) is 4.79 Å². The Kier molecular flexibility index (Phi) is 6.29. The number of ether oxygens (including phenoxy) is 1. The van der Waals surface area contributed by atoms with Gasteiger partial charge in [0.25, 0.3) is 0 Å². The number of methoxy groups -OCH3 is 1. The molecule has 6 heteroatoms. The third-order valence-electron chi connectivity index (χ3n) is 4.22. The van der Waals surface area contributed by atoms with Crippen molar-refractivity contribution in [3.8, 4) is 16.3 Å². The second kappa shape index (κ2) is 8.67. The SMILES string of the molecule is COc1ccc(Br)cc1CN(C)C(=O)Cc1csc(-c2cccc(C)c2)n1. The van der Waals surface area contributed by atoms with Crippen molar-refractivity contribution in [3.05, 3.63) is 69.1 Å². The van der Waals surface area contributed by atoms with Crippen LogP contribution in [0.4, 0.5) is 0 Å². The van der Waals surface area contributed by atoms with E-state index in [0.29, 0.717) is 6.54 Å². The van der Waals surface area contributed by atoms with Gasteiger partial charge in [-0.1, -0.05) is 39.7 Å². The van der Waals surface area contributed by atoms with Crippen LogP contribution in [0.3, 0.4) is 0 Å². The highest BCUT2D eigenvalue weighted by Gasteiger charge is 2.15. The monoisotopic (exact) mass is 444 g/mol. The van der Waals surface area contributed by atoms with Crippen LogP contribution in [-0.2, 0) is 17.8 Å². The lowest BCUT2D eigenvalue weighted by Gasteiger charge is -2.18. The van der Waals surface area contributed by atoms with Crippen LogP contribution < -0.4 is 4.74 Å². The molecule has 0 atom stereocenters. The Hall–Kier alpha value is -2.18. The Morgan fingerprint density at radius 1 is 1.26 bits per heavy atom. The second-order valence-corrected chi connectivity index (χ2v) is 8.17. The summed E-state index contributed by atoms with van der Waals surface area (Å²) in [4.78, 5) is 19.0. The van der Waals surface area contributed by atoms with Crippen molar-refractivity contribution in [2.75, 3.05) is 14.2 Å². The molecule has 3 rings (SSSR count). The molecule has 0 unspecified atom stereocenters. The van der Waals surface area contributed by atoms with E-state index < -0.39 is 0 Å². The van der Waals surface area contributed by atoms with Gasteiger partial charge in [0.05, 0.1) is 19.2 Å². The number of halogens is 1. The van der Waals surface area contributed by atoms with E-state index >= 15 is 0 Å². The Morgan fingerprint density at radius 3 is 2.81 bits per heavy atom. The van der Waals surface area contributed by atoms with Crippen LogP contribution in [0, 0.1) is 6.92 Å². The average molecular weight is 445 g/mol. The highest BCUT2D eigenvalue weighted by molar-refractivity contribution is 9.10. The van der Waals surface area contributed by atoms with Crippen molar-refractivity contribution in [1.29, 1.82) is 0 Å². The standard InChI is InChI=1S/C21H21BrN2O2S/c1-14-5-4-6-15(9-14)21-23-18(13-27-21)11-20(25)24(2)12-16-10-17(22)7-8-19(16)26-3/h4-10,13H,11-12H2,1-3H3. The van der Waals surface area contributed by atoms with E-state index in [-0.39, 0.29) is 12.3 Å². The molecule has 1 heterocycles. The quantitative estimate of drug-likeness (QED) is 0.531. The molecule has 0 spiro atoms. The summed E-state index contributed by atoms with van der Waals surface area (Å²) in [6.07, 6.45) is 0.287. The maximum absolute atomic E-state index is 12.6. The third kappa shape index (κ3) is 4.96. The summed E-state index contributed by atoms with van der Waals surface area (Å²) in [5, 5.41) is 2.90. The minimum absolute atomic E-state index is 0.0260. The maximum atomic E-state index is 12.6. The predicted octanol–water partition coefficient (Wildman–Crippen LogP) is 5.09. The summed E-state index contributed by atoms with van der Waals surface area (Å²) >= 11 is 5.04. The van der Waals surface area contributed by atoms with E-state index in [4.69, 9.17) is 4.74 Å². The lowest BCUT2D eigenvalue weighted by molar-refractivity contribution is -0.129. The van der Waals surface area contributed by atoms with Gasteiger partial charge in [0, 0.05) is 34.6 Å². The molecule has 1 aromatic heterocycles. The lowest BCUT2D eigenvalue weighted by Crippen LogP contribution is -2.28. The van der Waals surface area contributed by atoms with Gasteiger partial charge in [-0.25, -0.2) is 4.98 Å². The predicted molar refractivity (Wildman–Crippen MR) is 113 cm³/mol. The van der Waals surface area contributed by atoms with Crippen molar-refractivity contribution < 1.29 is 9.53 Å². The van der Waals surface area contributed by atoms with Crippen molar-refractivity contribution in [3.63, 3.8) is 0 Å². The molecule has 1 amide bonds. The minimum atomic E-state index is 0.0260. The number of thiazole rings is 1. The van der Waals surface area contributed by atoms with Gasteiger partial charge < -0.3 is 9.64 Å². The first-order valence-corrected chi connectivity index (χ1v) is 10.2. The summed E-state index contributed by atoms with van der Waals surface area (Å²) in [6.45, 7) is 2.54. The average Bonchev–Trinajstić information content (AvgIpc) is 3.10. The van der Waals surface area contributed by atoms with Crippen LogP contribution in [0.2, 0.25) is 0 Å². The van der Waals surface area contributed by atoms with Gasteiger partial charge in [0.1, 0.15) is 10.8 Å². The van der Waals surface area contributed by atoms with Crippen LogP contribution in [-0.4, -0.2) is 29.9 Å². The number of likely N-dealkylation sites (N-methyl/N-ethyl adjacent to an activating group) is 1. The summed E-state index contributed by atoms with van der Waals surface area (Å²) in [5.41, 5.74) is 4.05. The second-order valence-electron chi connectivity index (χ2n) is 6.40. The van der Waals surface area contributed by atoms with Crippen LogP contribution in [0.5, 0.6) is 5.75 Å². The van der Waals surface area contributed by atoms with Crippen LogP contribution >= 0.6 is 27.3 Å². The van der Waals surface area contributed by atoms with E-state index in [2.05, 4.69) is 40.0 Å². The number of hydrogen-bond acceptors (Lipinski definition) is 4. The van der Waals surface area contributed by atoms with E-state index in [1.807, 2.05) is 35.7 Å². The summed E-state index contributed by atoms with van der Waals surface area (Å²) in [6, 6.07) is 14.0. The molecule has 0 aliphatic rings. The highest BCUT2D eigenvalue weighted by Crippen LogP contribution is 2.26. The molecular formula is C21H21BrN2O2S. The Morgan fingerprint density at radius 2 is 2.07 bits per heavy atom. The number of amides is 1. The molecule has 0 saturated carbocycles. The van der Waals surface area contributed by atoms with E-state index in [1.54, 1.807) is 30.4 Å². The molecule has 0 aliphatic carbocycles. The maximum Gasteiger partial charge on any atom is 0.228 e. The van der Waals surface area contributed by atoms with Crippen LogP contribution in [0.25, 0.3) is 10.6 Å². The molecule has 0 N–H and O–H groups in total. The Labute approximate surface area is 171 Å². The number of rotatable bonds is 6. The molecule has 3 aromatic rings. The summed E-state index contributed by atoms with van der Waals surface area (Å²) in [5.74, 6) is 0.798. The summed E-state index contributed by atoms with van der Waals surface area (Å²) in [7, 11) is 3.44. The van der Waals surface area contributed by atoms with Crippen LogP contribution in [0.15, 0.2) is 52.3 Å². The largest absolute Gasteiger partial charge is 0.496 e. The smallest absolute Gasteiger partial charge is 0.228 e. The number of aryl methyl sites for hydroxylation is 1. The number of aromatic nitrogens is 1. The summed E-state index contributed by atoms with van der Waals surface area (Å²) < 4.78 is 6.35. The van der Waals surface area contributed by atoms with E-state index in [9.17, 15) is 4.79 Å². The van der Waals surface area contributed by atoms with E-state index in [0.717, 1.165) is 32.1 Å². The lowest BCUT2D eigenvalue weighted by atomic mass is 10.1. The van der Waals surface area contributed by atoms with Crippen molar-refractivity contribution >= 4 is 33.2 Å². The first-order valence-electron chi connectivity index (χ1n) is 8.54. The molecule has 27 heavy (non-hydrogen) atoms. The molecule has 140 valence electrons. The zero-order valence-electron chi connectivity index (χ0n) is 15.5. The molecule has 0 bridgehead atoms. The van der Waals surface area contributed by atoms with Gasteiger partial charge in [0.15, 0.2) is 0 Å². The van der Waals surface area contributed by atoms with Gasteiger partial charge in [0.2, 0.25) is 5.91 Å². The highest BCUT2D eigenvalue weighted by atomic mass is 79.9. The molecule has 4 nitrogen and oxygen atoms in total. The zero-order valence-corrected chi connectivity index (χ0v) is 17.9. The molecule has 0 radical (unpaired) electrons. The van der Waals surface area contributed by atoms with Crippen LogP contribution in [0.1, 0.15) is 16.8 Å². The van der Waals surface area contributed by atoms with Gasteiger partial charge in [-0.2, -0.15) is 0 Å². The van der Waals surface area contributed by atoms with Crippen molar-refractivity contribution in [1.82, 2.24) is 9.88 Å². The van der Waals surface area contributed by atoms with Gasteiger partial charge >= 0.3 is 0 Å². The first-order chi connectivity index (χ1) is 13.0. The number of benzene rings is 2. The first kappa shape index (κ1) is 19.6. The fraction of sp³-hybridized carbons (Fsp3) is 0.238. The topological polar surface area (TPSA) is 42.4 Å². The molecular weight excluding hydrogens is 424 g/mol. The number of carbonyl (C=O) groups excluding carboxylic acids is 1. The van der Waals surface area contributed by atoms with Gasteiger partial charge in [-0.05, 0) is 31.2 Å². The Balaban J connectivity index is 1.68.